The minimum absolute atomic E-state index is 0.162. The third kappa shape index (κ3) is 4.39. The molecule has 0 saturated heterocycles. The monoisotopic (exact) mass is 350 g/mol. The van der Waals surface area contributed by atoms with Crippen molar-refractivity contribution in [3.8, 4) is 0 Å². The first-order valence-corrected chi connectivity index (χ1v) is 8.12. The van der Waals surface area contributed by atoms with Gasteiger partial charge < -0.3 is 15.0 Å². The van der Waals surface area contributed by atoms with E-state index < -0.39 is 5.97 Å². The zero-order chi connectivity index (χ0) is 17.7. The van der Waals surface area contributed by atoms with Crippen molar-refractivity contribution in [3.05, 3.63) is 57.5 Å². The first kappa shape index (κ1) is 18.1. The molecule has 0 aliphatic rings. The van der Waals surface area contributed by atoms with E-state index in [0.29, 0.717) is 16.3 Å². The van der Waals surface area contributed by atoms with Gasteiger partial charge in [0, 0.05) is 6.54 Å². The molecular formula is C17H19FN2O3S. The second-order valence-electron chi connectivity index (χ2n) is 5.40. The molecule has 0 fully saturated rings. The molecule has 1 amide bonds. The van der Waals surface area contributed by atoms with Crippen LogP contribution in [0, 0.1) is 5.82 Å². The van der Waals surface area contributed by atoms with Crippen molar-refractivity contribution in [3.63, 3.8) is 0 Å². The van der Waals surface area contributed by atoms with Gasteiger partial charge in [0.05, 0.1) is 18.0 Å². The SMILES string of the molecule is COC(=O)c1ccc(C(=O)NCC(c2cccc(F)c2)N(C)C)s1. The molecule has 2 aromatic rings. The maximum atomic E-state index is 13.4. The highest BCUT2D eigenvalue weighted by molar-refractivity contribution is 7.15. The van der Waals surface area contributed by atoms with Crippen LogP contribution in [-0.2, 0) is 4.74 Å². The lowest BCUT2D eigenvalue weighted by Crippen LogP contribution is -2.34. The van der Waals surface area contributed by atoms with Gasteiger partial charge in [0.15, 0.2) is 0 Å². The quantitative estimate of drug-likeness (QED) is 0.814. The molecule has 0 bridgehead atoms. The maximum Gasteiger partial charge on any atom is 0.348 e. The van der Waals surface area contributed by atoms with E-state index in [1.165, 1.54) is 19.2 Å². The highest BCUT2D eigenvalue weighted by Gasteiger charge is 2.18. The largest absolute Gasteiger partial charge is 0.465 e. The van der Waals surface area contributed by atoms with Crippen molar-refractivity contribution in [2.24, 2.45) is 0 Å². The van der Waals surface area contributed by atoms with Gasteiger partial charge >= 0.3 is 5.97 Å². The summed E-state index contributed by atoms with van der Waals surface area (Å²) in [5.41, 5.74) is 0.779. The average molecular weight is 350 g/mol. The molecule has 24 heavy (non-hydrogen) atoms. The van der Waals surface area contributed by atoms with E-state index >= 15 is 0 Å². The number of hydrogen-bond acceptors (Lipinski definition) is 5. The summed E-state index contributed by atoms with van der Waals surface area (Å²) in [6.07, 6.45) is 0. The van der Waals surface area contributed by atoms with Gasteiger partial charge in [0.1, 0.15) is 10.7 Å². The third-order valence-corrected chi connectivity index (χ3v) is 4.59. The molecule has 1 atom stereocenters. The Hall–Kier alpha value is -2.25. The van der Waals surface area contributed by atoms with Gasteiger partial charge in [-0.05, 0) is 43.9 Å². The molecule has 7 heteroatoms. The number of amides is 1. The van der Waals surface area contributed by atoms with Gasteiger partial charge in [0.2, 0.25) is 0 Å². The number of esters is 1. The zero-order valence-electron chi connectivity index (χ0n) is 13.7. The molecule has 0 spiro atoms. The molecule has 2 rings (SSSR count). The topological polar surface area (TPSA) is 58.6 Å². The van der Waals surface area contributed by atoms with E-state index in [1.807, 2.05) is 25.1 Å². The molecule has 0 aliphatic heterocycles. The van der Waals surface area contributed by atoms with Crippen molar-refractivity contribution in [1.82, 2.24) is 10.2 Å². The summed E-state index contributed by atoms with van der Waals surface area (Å²) < 4.78 is 18.0. The second-order valence-corrected chi connectivity index (χ2v) is 6.48. The van der Waals surface area contributed by atoms with Crippen molar-refractivity contribution in [1.29, 1.82) is 0 Å². The molecule has 0 aliphatic carbocycles. The van der Waals surface area contributed by atoms with Crippen LogP contribution in [0.15, 0.2) is 36.4 Å². The van der Waals surface area contributed by atoms with E-state index in [0.717, 1.165) is 16.9 Å². The Morgan fingerprint density at radius 2 is 1.96 bits per heavy atom. The molecule has 1 N–H and O–H groups in total. The summed E-state index contributed by atoms with van der Waals surface area (Å²) in [6.45, 7) is 0.320. The lowest BCUT2D eigenvalue weighted by molar-refractivity contribution is 0.0606. The zero-order valence-corrected chi connectivity index (χ0v) is 14.5. The highest BCUT2D eigenvalue weighted by atomic mass is 32.1. The Morgan fingerprint density at radius 3 is 2.58 bits per heavy atom. The molecule has 1 heterocycles. The average Bonchev–Trinajstić information content (AvgIpc) is 3.04. The first-order valence-electron chi connectivity index (χ1n) is 7.30. The van der Waals surface area contributed by atoms with Crippen LogP contribution in [0.1, 0.15) is 30.9 Å². The number of likely N-dealkylation sites (N-methyl/N-ethyl adjacent to an activating group) is 1. The lowest BCUT2D eigenvalue weighted by Gasteiger charge is -2.25. The third-order valence-electron chi connectivity index (χ3n) is 3.53. The second kappa shape index (κ2) is 8.03. The standard InChI is InChI=1S/C17H19FN2O3S/c1-20(2)13(11-5-4-6-12(18)9-11)10-19-16(21)14-7-8-15(24-14)17(22)23-3/h4-9,13H,10H2,1-3H3,(H,19,21). The minimum Gasteiger partial charge on any atom is -0.465 e. The molecule has 128 valence electrons. The number of carbonyl (C=O) groups is 2. The normalized spacial score (nSPS) is 12.0. The van der Waals surface area contributed by atoms with Crippen molar-refractivity contribution < 1.29 is 18.7 Å². The highest BCUT2D eigenvalue weighted by Crippen LogP contribution is 2.20. The molecule has 0 saturated carbocycles. The predicted octanol–water partition coefficient (Wildman–Crippen LogP) is 2.71. The summed E-state index contributed by atoms with van der Waals surface area (Å²) in [4.78, 5) is 26.4. The molecule has 0 radical (unpaired) electrons. The molecule has 1 aromatic heterocycles. The smallest absolute Gasteiger partial charge is 0.348 e. The van der Waals surface area contributed by atoms with Crippen LogP contribution in [0.2, 0.25) is 0 Å². The van der Waals surface area contributed by atoms with Gasteiger partial charge in [-0.15, -0.1) is 11.3 Å². The van der Waals surface area contributed by atoms with Crippen LogP contribution in [0.25, 0.3) is 0 Å². The number of hydrogen-bond donors (Lipinski definition) is 1. The van der Waals surface area contributed by atoms with Crippen molar-refractivity contribution >= 4 is 23.2 Å². The Kier molecular flexibility index (Phi) is 6.05. The van der Waals surface area contributed by atoms with Crippen LogP contribution in [0.3, 0.4) is 0 Å². The summed E-state index contributed by atoms with van der Waals surface area (Å²) in [7, 11) is 5.02. The molecule has 1 aromatic carbocycles. The van der Waals surface area contributed by atoms with E-state index in [9.17, 15) is 14.0 Å². The van der Waals surface area contributed by atoms with Gasteiger partial charge in [0.25, 0.3) is 5.91 Å². The lowest BCUT2D eigenvalue weighted by atomic mass is 10.1. The molecule has 1 unspecified atom stereocenters. The fourth-order valence-corrected chi connectivity index (χ4v) is 3.10. The van der Waals surface area contributed by atoms with Crippen molar-refractivity contribution in [2.75, 3.05) is 27.7 Å². The summed E-state index contributed by atoms with van der Waals surface area (Å²) in [6, 6.07) is 9.28. The Morgan fingerprint density at radius 1 is 1.25 bits per heavy atom. The number of methoxy groups -OCH3 is 1. The summed E-state index contributed by atoms with van der Waals surface area (Å²) in [5.74, 6) is -1.06. The Bertz CT molecular complexity index is 730. The van der Waals surface area contributed by atoms with Crippen LogP contribution < -0.4 is 5.32 Å². The maximum absolute atomic E-state index is 13.4. The Labute approximate surface area is 144 Å². The number of thiophene rings is 1. The summed E-state index contributed by atoms with van der Waals surface area (Å²) in [5, 5.41) is 2.82. The number of ether oxygens (including phenoxy) is 1. The molecular weight excluding hydrogens is 331 g/mol. The van der Waals surface area contributed by atoms with Crippen LogP contribution >= 0.6 is 11.3 Å². The van der Waals surface area contributed by atoms with Crippen LogP contribution in [-0.4, -0.2) is 44.5 Å². The van der Waals surface area contributed by atoms with Gasteiger partial charge in [-0.1, -0.05) is 12.1 Å². The number of carbonyl (C=O) groups excluding carboxylic acids is 2. The van der Waals surface area contributed by atoms with E-state index in [4.69, 9.17) is 0 Å². The van der Waals surface area contributed by atoms with E-state index in [2.05, 4.69) is 10.1 Å². The predicted molar refractivity (Wildman–Crippen MR) is 90.8 cm³/mol. The number of benzene rings is 1. The fraction of sp³-hybridized carbons (Fsp3) is 0.294. The fourth-order valence-electron chi connectivity index (χ4n) is 2.26. The van der Waals surface area contributed by atoms with Crippen LogP contribution in [0.5, 0.6) is 0 Å². The number of halogens is 1. The number of nitrogens with zero attached hydrogens (tertiary/aromatic N) is 1. The van der Waals surface area contributed by atoms with E-state index in [-0.39, 0.29) is 17.8 Å². The molecule has 5 nitrogen and oxygen atoms in total. The number of rotatable bonds is 6. The van der Waals surface area contributed by atoms with E-state index in [1.54, 1.807) is 18.2 Å². The minimum atomic E-state index is -0.468. The van der Waals surface area contributed by atoms with Gasteiger partial charge in [-0.3, -0.25) is 4.79 Å². The summed E-state index contributed by atoms with van der Waals surface area (Å²) >= 11 is 1.07. The van der Waals surface area contributed by atoms with Crippen molar-refractivity contribution in [2.45, 2.75) is 6.04 Å². The Balaban J connectivity index is 2.05. The first-order chi connectivity index (χ1) is 11.4. The van der Waals surface area contributed by atoms with Gasteiger partial charge in [-0.2, -0.15) is 0 Å². The number of nitrogens with one attached hydrogen (secondary N) is 1. The van der Waals surface area contributed by atoms with Crippen LogP contribution in [0.4, 0.5) is 4.39 Å². The van der Waals surface area contributed by atoms with Gasteiger partial charge in [-0.25, -0.2) is 9.18 Å².